The molecule has 0 amide bonds. The van der Waals surface area contributed by atoms with Gasteiger partial charge >= 0.3 is 0 Å². The van der Waals surface area contributed by atoms with Crippen LogP contribution in [0.1, 0.15) is 128 Å². The summed E-state index contributed by atoms with van der Waals surface area (Å²) in [5, 5.41) is 0. The fraction of sp³-hybridized carbons (Fsp3) is 0.517. The third-order valence-electron chi connectivity index (χ3n) is 18.0. The molecule has 2 unspecified atom stereocenters. The first kappa shape index (κ1) is 52.9. The van der Waals surface area contributed by atoms with Crippen molar-refractivity contribution < 1.29 is 25.3 Å². The largest absolute Gasteiger partial charge is 0.291 e. The average molecular weight is 1050 g/mol. The summed E-state index contributed by atoms with van der Waals surface area (Å²) in [4.78, 5) is 1.05. The predicted molar refractivity (Wildman–Crippen MR) is 291 cm³/mol. The molecule has 0 spiro atoms. The highest BCUT2D eigenvalue weighted by molar-refractivity contribution is 8.02. The van der Waals surface area contributed by atoms with Crippen LogP contribution in [0.5, 0.6) is 0 Å². The summed E-state index contributed by atoms with van der Waals surface area (Å²) < 4.78 is 96.2. The molecule has 2 aliphatic heterocycles. The second kappa shape index (κ2) is 18.4. The van der Waals surface area contributed by atoms with Gasteiger partial charge in [-0.3, -0.25) is 0 Å². The van der Waals surface area contributed by atoms with Crippen LogP contribution in [0, 0.1) is 62.2 Å². The molecule has 6 aliphatic rings. The second-order valence-corrected chi connectivity index (χ2v) is 31.8. The van der Waals surface area contributed by atoms with Crippen LogP contribution in [-0.4, -0.2) is 57.0 Å². The minimum atomic E-state index is -4.14. The van der Waals surface area contributed by atoms with Gasteiger partial charge in [0.25, 0.3) is 20.0 Å². The van der Waals surface area contributed by atoms with Gasteiger partial charge < -0.3 is 0 Å². The Kier molecular flexibility index (Phi) is 13.5. The Hall–Kier alpha value is -3.92. The smallest absolute Gasteiger partial charge is 0.227 e. The monoisotopic (exact) mass is 1050 g/mol. The number of allylic oxidation sites excluding steroid dienone is 2. The summed E-state index contributed by atoms with van der Waals surface area (Å²) in [5.41, 5.74) is 6.37. The van der Waals surface area contributed by atoms with Crippen LogP contribution in [-0.2, 0) is 39.9 Å². The van der Waals surface area contributed by atoms with E-state index in [9.17, 15) is 25.3 Å². The minimum absolute atomic E-state index is 0.000586. The molecule has 0 aromatic heterocycles. The van der Waals surface area contributed by atoms with E-state index in [-0.39, 0.29) is 43.8 Å². The molecule has 12 atom stereocenters. The molecule has 2 saturated heterocycles. The SMILES string of the molecule is C=C1CC[C@H]2N([S@](=O)(=NS(=O)(=O)c3ccc(C)cc3)c3ccc(C)cc3)[C@]2(C)CC[C@@H]2[C@@H]1CC2(C)C.C=C1CC[C@H]2N([S@](=O)(=NS(=O)(=O)c3ccc(C)cc3)c3ccc(C)cc3)[C@]2(C)CC[C@@H]2[C@@H]1CC2(C)C. The van der Waals surface area contributed by atoms with Gasteiger partial charge in [0.15, 0.2) is 19.8 Å². The molecule has 388 valence electrons. The van der Waals surface area contributed by atoms with Crippen molar-refractivity contribution in [2.24, 2.45) is 42.0 Å². The predicted octanol–water partition coefficient (Wildman–Crippen LogP) is 13.3. The van der Waals surface area contributed by atoms with Crippen molar-refractivity contribution in [1.82, 2.24) is 8.61 Å². The van der Waals surface area contributed by atoms with Crippen molar-refractivity contribution in [3.05, 3.63) is 144 Å². The number of rotatable bonds is 8. The highest BCUT2D eigenvalue weighted by Crippen LogP contribution is 2.63. The Balaban J connectivity index is 0.000000178. The van der Waals surface area contributed by atoms with E-state index < -0.39 is 39.9 Å². The number of aryl methyl sites for hydroxylation is 4. The molecule has 4 aliphatic carbocycles. The van der Waals surface area contributed by atoms with E-state index in [0.717, 1.165) is 73.6 Å². The Morgan fingerprint density at radius 1 is 0.444 bits per heavy atom. The highest BCUT2D eigenvalue weighted by Gasteiger charge is 2.66. The summed E-state index contributed by atoms with van der Waals surface area (Å²) in [5.74, 6) is 2.27. The van der Waals surface area contributed by atoms with Crippen LogP contribution in [0.25, 0.3) is 0 Å². The Labute approximate surface area is 432 Å². The van der Waals surface area contributed by atoms with Gasteiger partial charge in [0.1, 0.15) is 0 Å². The van der Waals surface area contributed by atoms with Gasteiger partial charge in [0.2, 0.25) is 0 Å². The summed E-state index contributed by atoms with van der Waals surface area (Å²) >= 11 is 0. The van der Waals surface area contributed by atoms with Crippen LogP contribution < -0.4 is 0 Å². The Morgan fingerprint density at radius 3 is 1.00 bits per heavy atom. The first-order chi connectivity index (χ1) is 33.6. The lowest BCUT2D eigenvalue weighted by molar-refractivity contribution is 0.000294. The van der Waals surface area contributed by atoms with Gasteiger partial charge in [-0.1, -0.05) is 130 Å². The van der Waals surface area contributed by atoms with E-state index in [1.165, 1.54) is 24.0 Å². The van der Waals surface area contributed by atoms with Crippen molar-refractivity contribution in [3.63, 3.8) is 0 Å². The lowest BCUT2D eigenvalue weighted by Crippen LogP contribution is -2.45. The van der Waals surface area contributed by atoms with Crippen molar-refractivity contribution in [1.29, 1.82) is 0 Å². The summed E-state index contributed by atoms with van der Waals surface area (Å²) in [6, 6.07) is 27.8. The van der Waals surface area contributed by atoms with Gasteiger partial charge in [0, 0.05) is 23.2 Å². The zero-order valence-electron chi connectivity index (χ0n) is 44.1. The van der Waals surface area contributed by atoms with Crippen LogP contribution in [0.2, 0.25) is 0 Å². The number of sulfonamides is 2. The summed E-state index contributed by atoms with van der Waals surface area (Å²) in [7, 11) is -15.1. The maximum atomic E-state index is 14.9. The molecule has 0 radical (unpaired) electrons. The first-order valence-corrected chi connectivity index (χ1v) is 31.7. The van der Waals surface area contributed by atoms with E-state index in [1.54, 1.807) is 72.8 Å². The average Bonchev–Trinajstić information content (AvgIpc) is 4.12. The number of hydrogen-bond donors (Lipinski definition) is 0. The molecule has 4 aromatic rings. The van der Waals surface area contributed by atoms with Gasteiger partial charge in [-0.05, 0) is 189 Å². The molecule has 10 rings (SSSR count). The summed E-state index contributed by atoms with van der Waals surface area (Å²) in [6.07, 6.45) is 9.56. The lowest BCUT2D eigenvalue weighted by Gasteiger charge is -2.53. The second-order valence-electron chi connectivity index (χ2n) is 24.0. The van der Waals surface area contributed by atoms with E-state index in [2.05, 4.69) is 62.2 Å². The molecule has 6 fully saturated rings. The number of benzene rings is 4. The quantitative estimate of drug-likeness (QED) is 0.127. The standard InChI is InChI=1S/2C29H38N2O3S2/c2*1-20-7-12-23(13-8-20)35(32,30-36(33,34)24-14-9-21(2)10-15-24)31-27-16-11-22(3)25-19-28(4,5)26(25)17-18-29(27,31)6/h2*7-10,12-15,25-27H,3,11,16-19H2,1-2,4-6H3/t2*25-,26-,27-,29-,31?,35-/m11/s1. The maximum absolute atomic E-state index is 14.9. The van der Waals surface area contributed by atoms with Crippen molar-refractivity contribution in [2.45, 2.75) is 176 Å². The maximum Gasteiger partial charge on any atom is 0.291 e. The lowest BCUT2D eigenvalue weighted by atomic mass is 9.52. The van der Waals surface area contributed by atoms with Crippen LogP contribution in [0.3, 0.4) is 0 Å². The fourth-order valence-corrected chi connectivity index (χ4v) is 22.6. The van der Waals surface area contributed by atoms with Crippen LogP contribution >= 0.6 is 0 Å². The van der Waals surface area contributed by atoms with Crippen molar-refractivity contribution in [2.75, 3.05) is 0 Å². The molecule has 0 bridgehead atoms. The van der Waals surface area contributed by atoms with E-state index in [1.807, 2.05) is 60.6 Å². The summed E-state index contributed by atoms with van der Waals surface area (Å²) in [6.45, 7) is 30.2. The molecule has 0 N–H and O–H groups in total. The fourth-order valence-electron chi connectivity index (χ4n) is 13.3. The Bertz CT molecular complexity index is 3060. The molecule has 2 heterocycles. The third-order valence-corrected chi connectivity index (χ3v) is 27.1. The third kappa shape index (κ3) is 9.45. The highest BCUT2D eigenvalue weighted by atomic mass is 32.3. The van der Waals surface area contributed by atoms with E-state index in [4.69, 9.17) is 0 Å². The molecule has 4 aromatic carbocycles. The van der Waals surface area contributed by atoms with Gasteiger partial charge in [-0.15, -0.1) is 0 Å². The van der Waals surface area contributed by atoms with E-state index >= 15 is 0 Å². The first-order valence-electron chi connectivity index (χ1n) is 25.8. The molecule has 14 heteroatoms. The topological polar surface area (TPSA) is 133 Å². The normalized spacial score (nSPS) is 33.0. The zero-order chi connectivity index (χ0) is 52.2. The molecule has 10 nitrogen and oxygen atoms in total. The molecule has 4 saturated carbocycles. The minimum Gasteiger partial charge on any atom is -0.227 e. The van der Waals surface area contributed by atoms with Gasteiger partial charge in [0.05, 0.1) is 19.6 Å². The van der Waals surface area contributed by atoms with Gasteiger partial charge in [-0.2, -0.15) is 16.8 Å². The van der Waals surface area contributed by atoms with Crippen molar-refractivity contribution >= 4 is 39.9 Å². The molecule has 72 heavy (non-hydrogen) atoms. The number of hydrogen-bond acceptors (Lipinski definition) is 6. The number of nitrogens with zero attached hydrogens (tertiary/aromatic N) is 4. The van der Waals surface area contributed by atoms with Crippen LogP contribution in [0.15, 0.2) is 148 Å². The zero-order valence-corrected chi connectivity index (χ0v) is 47.3. The molecular formula is C58H76N4O6S4. The number of fused-ring (bicyclic) bond motifs is 4. The molecular weight excluding hydrogens is 977 g/mol. The van der Waals surface area contributed by atoms with Crippen molar-refractivity contribution in [3.8, 4) is 0 Å². The van der Waals surface area contributed by atoms with E-state index in [0.29, 0.717) is 33.5 Å². The Morgan fingerprint density at radius 2 is 0.722 bits per heavy atom. The van der Waals surface area contributed by atoms with Crippen LogP contribution in [0.4, 0.5) is 0 Å². The van der Waals surface area contributed by atoms with Gasteiger partial charge in [-0.25, -0.2) is 17.0 Å².